The molecule has 0 aromatic heterocycles. The largest absolute Gasteiger partial charge is 0.508 e. The molecule has 14 atom stereocenters. The molecule has 4 unspecified atom stereocenters. The van der Waals surface area contributed by atoms with E-state index in [1.807, 2.05) is 121 Å². The van der Waals surface area contributed by atoms with E-state index in [1.165, 1.54) is 34.1 Å². The molecule has 4 aliphatic rings. The average molecular weight is 1890 g/mol. The van der Waals surface area contributed by atoms with E-state index in [0.717, 1.165) is 88.1 Å². The Labute approximate surface area is 759 Å². The van der Waals surface area contributed by atoms with Crippen molar-refractivity contribution < 1.29 is 135 Å². The second kappa shape index (κ2) is 52.5. The lowest BCUT2D eigenvalue weighted by molar-refractivity contribution is -0.170. The van der Waals surface area contributed by atoms with Crippen LogP contribution in [0.25, 0.3) is 0 Å². The number of hydrogen-bond donors (Lipinski definition) is 10. The van der Waals surface area contributed by atoms with E-state index in [2.05, 4.69) is 0 Å². The number of carbonyl (C=O) groups excluding carboxylic acids is 6. The van der Waals surface area contributed by atoms with E-state index in [4.69, 9.17) is 23.6 Å². The first-order chi connectivity index (χ1) is 61.6. The standard InChI is InChI=1S/C30H40NO8P.C24H36NO8P.C23H28NO6P.C17H24NO6P/c1-4-28(34)38-30(21(2)3)39-40(37,17-9-8-12-22-10-6-5-7-11-22)20-27(33)31-19-24(18-26(31)29(35)36)23-13-15-25(32)16-14-23;1-4-22(28)32-24(17(2)3)33-34(31,13-9-8-12-18-10-6-5-7-11-18)16-21(27)25-15-19(26)14-20(25)23(29)30;25-20-11-9-18(10-12-20)19-14-21(23(27)28)24(15-19)22(26)16-31(29,30)13-5-4-8-17-6-2-1-3-7-17;19-14-10-15(17(21)22)18(11-14)16(20)12-25(23,24)9-5-4-8-13-6-2-1-3-7-13/h5-7,10-11,13-16,21,24,26,30,32H,4,8-9,12,17-20H2,1-3H3,(H,35,36);5-7,10-11,17,19-20,24,26H,4,8-9,12-16H2,1-3H3,(H,29,30);1-3,6-7,9-12,19,21,25H,4-5,8,13-16H2,(H,27,28)(H,29,30);1-3,6-7,14-15,19H,4-5,8-12H2,(H,21,22)(H,23,24)/t24-,26+,30-,40?;19-,20+,24-,34?;19-,21+;14-,15+/m1111/s1. The number of phenols is 2. The van der Waals surface area contributed by atoms with Gasteiger partial charge in [-0.15, -0.1) is 0 Å². The zero-order chi connectivity index (χ0) is 95.5. The highest BCUT2D eigenvalue weighted by Crippen LogP contribution is 2.53. The SMILES string of the molecule is CCC(=O)O[C@H](OP(=O)(CCCCc1ccccc1)CC(=O)N1C[C@H](O)C[C@H]1C(=O)O)C(C)C.CCC(=O)O[C@H](OP(=O)(CCCCc1ccccc1)CC(=O)N1C[C@H](c2ccc(O)cc2)C[C@H]1C(=O)O)C(C)C.O=C(O)[C@@H]1C[C@@H](O)CN1C(=O)CP(=O)(O)CCCCc1ccccc1.O=C(O)[C@@H]1C[C@@H](c2ccc(O)cc2)CN1C(=O)CP(=O)(O)CCCCc1ccccc1. The summed E-state index contributed by atoms with van der Waals surface area (Å²) in [6.07, 6.45) is 2.82. The van der Waals surface area contributed by atoms with Gasteiger partial charge in [0.2, 0.25) is 65.7 Å². The number of aliphatic carboxylic acids is 4. The van der Waals surface area contributed by atoms with Crippen molar-refractivity contribution >= 4 is 88.9 Å². The molecular formula is C94H128N4O28P4. The summed E-state index contributed by atoms with van der Waals surface area (Å²) in [6.45, 7) is 10.4. The number of likely N-dealkylation sites (tertiary alicyclic amines) is 4. The summed E-state index contributed by atoms with van der Waals surface area (Å²) in [5.41, 5.74) is 6.24. The number of amides is 4. The number of unbranched alkanes of at least 4 members (excludes halogenated alkanes) is 4. The van der Waals surface area contributed by atoms with E-state index >= 15 is 0 Å². The molecule has 4 amide bonds. The fraction of sp³-hybridized carbons (Fsp3) is 0.511. The number of aliphatic hydroxyl groups is 2. The molecule has 0 saturated carbocycles. The molecule has 0 radical (unpaired) electrons. The number of ether oxygens (including phenoxy) is 2. The number of benzene rings is 6. The number of aromatic hydroxyl groups is 2. The van der Waals surface area contributed by atoms with E-state index < -0.39 is 163 Å². The van der Waals surface area contributed by atoms with Crippen molar-refractivity contribution in [2.24, 2.45) is 11.8 Å². The van der Waals surface area contributed by atoms with Gasteiger partial charge in [-0.05, 0) is 148 Å². The van der Waals surface area contributed by atoms with Gasteiger partial charge < -0.3 is 79.7 Å². The number of esters is 2. The zero-order valence-corrected chi connectivity index (χ0v) is 78.3. The maximum Gasteiger partial charge on any atom is 0.326 e. The first kappa shape index (κ1) is 107. The second-order valence-electron chi connectivity index (χ2n) is 34.2. The Bertz CT molecular complexity index is 4840. The van der Waals surface area contributed by atoms with Gasteiger partial charge in [0.1, 0.15) is 60.3 Å². The van der Waals surface area contributed by atoms with Gasteiger partial charge in [-0.2, -0.15) is 0 Å². The van der Waals surface area contributed by atoms with Gasteiger partial charge in [0.25, 0.3) is 0 Å². The number of rotatable bonds is 44. The molecule has 10 N–H and O–H groups in total. The van der Waals surface area contributed by atoms with E-state index in [9.17, 15) is 112 Å². The Morgan fingerprint density at radius 1 is 0.354 bits per heavy atom. The van der Waals surface area contributed by atoms with E-state index in [1.54, 1.807) is 65.8 Å². The third-order valence-corrected chi connectivity index (χ3v) is 31.1. The number of carboxylic acid groups (broad SMARTS) is 4. The molecule has 4 heterocycles. The molecule has 4 fully saturated rings. The topological polar surface area (TPSA) is 491 Å². The Balaban J connectivity index is 0.000000240. The molecule has 4 saturated heterocycles. The molecule has 4 aliphatic heterocycles. The lowest BCUT2D eigenvalue weighted by Crippen LogP contribution is -2.42. The van der Waals surface area contributed by atoms with Gasteiger partial charge in [-0.1, -0.05) is 187 Å². The van der Waals surface area contributed by atoms with Gasteiger partial charge in [-0.25, -0.2) is 19.2 Å². The van der Waals surface area contributed by atoms with Gasteiger partial charge in [0.15, 0.2) is 0 Å². The van der Waals surface area contributed by atoms with Crippen LogP contribution in [0.5, 0.6) is 11.5 Å². The number of phenolic OH excluding ortho intramolecular Hbond substituents is 2. The maximum atomic E-state index is 14.2. The summed E-state index contributed by atoms with van der Waals surface area (Å²) in [7, 11) is -14.7. The predicted molar refractivity (Wildman–Crippen MR) is 488 cm³/mol. The second-order valence-corrected chi connectivity index (χ2v) is 44.3. The lowest BCUT2D eigenvalue weighted by atomic mass is 9.96. The molecule has 0 spiro atoms. The number of aliphatic hydroxyl groups excluding tert-OH is 2. The number of aryl methyl sites for hydroxylation is 4. The molecule has 0 bridgehead atoms. The molecule has 0 aliphatic carbocycles. The van der Waals surface area contributed by atoms with Crippen molar-refractivity contribution in [3.63, 3.8) is 0 Å². The summed E-state index contributed by atoms with van der Waals surface area (Å²) in [4.78, 5) is 147. The molecule has 36 heteroatoms. The number of carbonyl (C=O) groups is 10. The number of β-amino-alcohol motifs (C(OH)–C–C–N with tert-alkyl or cyclic N) is 2. The van der Waals surface area contributed by atoms with Crippen LogP contribution in [0.15, 0.2) is 170 Å². The summed E-state index contributed by atoms with van der Waals surface area (Å²) in [6, 6.07) is 47.9. The van der Waals surface area contributed by atoms with Crippen molar-refractivity contribution in [3.8, 4) is 11.5 Å². The summed E-state index contributed by atoms with van der Waals surface area (Å²) in [5.74, 6) is -9.03. The smallest absolute Gasteiger partial charge is 0.326 e. The highest BCUT2D eigenvalue weighted by Gasteiger charge is 2.47. The van der Waals surface area contributed by atoms with Crippen LogP contribution in [-0.2, 0) is 110 Å². The Hall–Kier alpha value is -9.70. The van der Waals surface area contributed by atoms with E-state index in [0.29, 0.717) is 32.1 Å². The van der Waals surface area contributed by atoms with Crippen molar-refractivity contribution in [2.45, 2.75) is 218 Å². The third-order valence-electron chi connectivity index (χ3n) is 22.8. The van der Waals surface area contributed by atoms with Crippen LogP contribution < -0.4 is 0 Å². The van der Waals surface area contributed by atoms with Crippen LogP contribution in [0.2, 0.25) is 0 Å². The normalized spacial score (nSPS) is 20.5. The molecular weight excluding hydrogens is 1760 g/mol. The number of nitrogens with zero attached hydrogens (tertiary/aromatic N) is 4. The lowest BCUT2D eigenvalue weighted by Gasteiger charge is -2.29. The number of hydrogen-bond acceptors (Lipinski definition) is 22. The summed E-state index contributed by atoms with van der Waals surface area (Å²) in [5, 5.41) is 76.4. The van der Waals surface area contributed by atoms with Crippen molar-refractivity contribution in [1.82, 2.24) is 19.6 Å². The quantitative estimate of drug-likeness (QED) is 0.00735. The Kier molecular flexibility index (Phi) is 43.4. The average Bonchev–Trinajstić information content (AvgIpc) is 1.66. The molecule has 6 aromatic carbocycles. The number of carboxylic acids is 4. The van der Waals surface area contributed by atoms with Crippen LogP contribution in [0, 0.1) is 11.8 Å². The highest BCUT2D eigenvalue weighted by atomic mass is 31.2. The minimum Gasteiger partial charge on any atom is -0.508 e. The van der Waals surface area contributed by atoms with Gasteiger partial charge in [0.05, 0.1) is 12.2 Å². The first-order valence-electron chi connectivity index (χ1n) is 44.3. The fourth-order valence-corrected chi connectivity index (χ4v) is 23.3. The highest BCUT2D eigenvalue weighted by molar-refractivity contribution is 7.60. The molecule has 10 rings (SSSR count). The van der Waals surface area contributed by atoms with Crippen LogP contribution >= 0.6 is 29.5 Å². The monoisotopic (exact) mass is 1880 g/mol. The van der Waals surface area contributed by atoms with Crippen molar-refractivity contribution in [3.05, 3.63) is 203 Å². The van der Waals surface area contributed by atoms with Crippen LogP contribution in [0.4, 0.5) is 0 Å². The van der Waals surface area contributed by atoms with Gasteiger partial charge in [-0.3, -0.25) is 56.1 Å². The van der Waals surface area contributed by atoms with E-state index in [-0.39, 0.29) is 125 Å². The maximum absolute atomic E-state index is 14.2. The third kappa shape index (κ3) is 36.1. The first-order valence-corrected chi connectivity index (χ1v) is 52.4. The van der Waals surface area contributed by atoms with Crippen LogP contribution in [-0.4, -0.2) is 254 Å². The molecule has 712 valence electrons. The Morgan fingerprint density at radius 2 is 0.608 bits per heavy atom. The summed E-state index contributed by atoms with van der Waals surface area (Å²) < 4.78 is 75.4. The molecule has 32 nitrogen and oxygen atoms in total. The fourth-order valence-electron chi connectivity index (χ4n) is 15.7. The zero-order valence-electron chi connectivity index (χ0n) is 74.7. The van der Waals surface area contributed by atoms with Gasteiger partial charge in [0, 0.05) is 100 Å². The van der Waals surface area contributed by atoms with Crippen LogP contribution in [0.3, 0.4) is 0 Å². The molecule has 6 aromatic rings. The minimum absolute atomic E-state index is 0.0275. The van der Waals surface area contributed by atoms with Gasteiger partial charge >= 0.3 is 35.8 Å². The minimum atomic E-state index is -3.69. The predicted octanol–water partition coefficient (Wildman–Crippen LogP) is 13.5. The van der Waals surface area contributed by atoms with Crippen molar-refractivity contribution in [1.29, 1.82) is 0 Å². The summed E-state index contributed by atoms with van der Waals surface area (Å²) >= 11 is 0. The van der Waals surface area contributed by atoms with Crippen molar-refractivity contribution in [2.75, 3.05) is 75.5 Å². The van der Waals surface area contributed by atoms with Crippen LogP contribution in [0.1, 0.15) is 177 Å². The Morgan fingerprint density at radius 3 is 0.869 bits per heavy atom. The molecule has 130 heavy (non-hydrogen) atoms.